The first-order valence-electron chi connectivity index (χ1n) is 6.05. The summed E-state index contributed by atoms with van der Waals surface area (Å²) in [7, 11) is 0. The van der Waals surface area contributed by atoms with Crippen molar-refractivity contribution in [1.29, 1.82) is 0 Å². The normalized spacial score (nSPS) is 22.3. The maximum absolute atomic E-state index is 11.3. The number of carbonyl (C=O) groups is 1. The van der Waals surface area contributed by atoms with Crippen LogP contribution in [0.2, 0.25) is 0 Å². The molecule has 1 fully saturated rings. The molecule has 0 aliphatic heterocycles. The van der Waals surface area contributed by atoms with Crippen molar-refractivity contribution in [2.24, 2.45) is 5.41 Å². The topological polar surface area (TPSA) is 57.5 Å². The predicted molar refractivity (Wildman–Crippen MR) is 58.7 cm³/mol. The van der Waals surface area contributed by atoms with Crippen LogP contribution in [0.1, 0.15) is 58.3 Å². The number of aliphatic hydroxyl groups excluding tert-OH is 1. The lowest BCUT2D eigenvalue weighted by molar-refractivity contribution is -0.160. The number of aliphatic carboxylic acids is 1. The van der Waals surface area contributed by atoms with Gasteiger partial charge in [0, 0.05) is 0 Å². The van der Waals surface area contributed by atoms with Gasteiger partial charge in [0.05, 0.1) is 11.5 Å². The summed E-state index contributed by atoms with van der Waals surface area (Å²) in [5.41, 5.74) is -0.840. The molecule has 1 saturated carbocycles. The van der Waals surface area contributed by atoms with Gasteiger partial charge in [-0.1, -0.05) is 39.0 Å². The number of carboxylic acid groups (broad SMARTS) is 1. The van der Waals surface area contributed by atoms with Crippen LogP contribution in [0.15, 0.2) is 0 Å². The number of hydrogen-bond donors (Lipinski definition) is 2. The average molecular weight is 214 g/mol. The molecule has 1 aliphatic rings. The van der Waals surface area contributed by atoms with E-state index in [4.69, 9.17) is 0 Å². The molecular weight excluding hydrogens is 192 g/mol. The van der Waals surface area contributed by atoms with Gasteiger partial charge in [0.2, 0.25) is 0 Å². The molecule has 15 heavy (non-hydrogen) atoms. The number of carboxylic acids is 1. The second-order valence-corrected chi connectivity index (χ2v) is 4.68. The van der Waals surface area contributed by atoms with E-state index < -0.39 is 17.5 Å². The average Bonchev–Trinajstić information content (AvgIpc) is 2.26. The van der Waals surface area contributed by atoms with Crippen LogP contribution in [0.5, 0.6) is 0 Å². The third-order valence-electron chi connectivity index (χ3n) is 3.64. The summed E-state index contributed by atoms with van der Waals surface area (Å²) in [6.45, 7) is 2.06. The van der Waals surface area contributed by atoms with E-state index in [9.17, 15) is 15.0 Å². The summed E-state index contributed by atoms with van der Waals surface area (Å²) >= 11 is 0. The smallest absolute Gasteiger partial charge is 0.312 e. The monoisotopic (exact) mass is 214 g/mol. The highest BCUT2D eigenvalue weighted by Crippen LogP contribution is 2.41. The van der Waals surface area contributed by atoms with Gasteiger partial charge < -0.3 is 10.2 Å². The first-order chi connectivity index (χ1) is 7.13. The molecule has 0 unspecified atom stereocenters. The lowest BCUT2D eigenvalue weighted by Gasteiger charge is -2.37. The number of rotatable bonds is 5. The number of unbranched alkanes of at least 4 members (excludes halogenated alkanes) is 1. The lowest BCUT2D eigenvalue weighted by atomic mass is 9.69. The first-order valence-corrected chi connectivity index (χ1v) is 6.05. The fraction of sp³-hybridized carbons (Fsp3) is 0.917. The van der Waals surface area contributed by atoms with E-state index in [1.54, 1.807) is 0 Å². The van der Waals surface area contributed by atoms with Gasteiger partial charge in [-0.15, -0.1) is 0 Å². The van der Waals surface area contributed by atoms with Crippen LogP contribution < -0.4 is 0 Å². The highest BCUT2D eigenvalue weighted by atomic mass is 16.4. The number of hydrogen-bond acceptors (Lipinski definition) is 2. The maximum atomic E-state index is 11.3. The fourth-order valence-corrected chi connectivity index (χ4v) is 2.55. The Hall–Kier alpha value is -0.570. The maximum Gasteiger partial charge on any atom is 0.312 e. The van der Waals surface area contributed by atoms with Gasteiger partial charge in [0.1, 0.15) is 0 Å². The second kappa shape index (κ2) is 5.50. The van der Waals surface area contributed by atoms with Crippen LogP contribution in [-0.2, 0) is 4.79 Å². The van der Waals surface area contributed by atoms with Crippen LogP contribution >= 0.6 is 0 Å². The molecule has 0 aromatic heterocycles. The van der Waals surface area contributed by atoms with E-state index in [2.05, 4.69) is 6.92 Å². The lowest BCUT2D eigenvalue weighted by Crippen LogP contribution is -2.44. The summed E-state index contributed by atoms with van der Waals surface area (Å²) in [4.78, 5) is 11.3. The van der Waals surface area contributed by atoms with Crippen LogP contribution in [0.3, 0.4) is 0 Å². The molecule has 0 radical (unpaired) electrons. The molecule has 0 bridgehead atoms. The minimum Gasteiger partial charge on any atom is -0.481 e. The van der Waals surface area contributed by atoms with Crippen LogP contribution in [0.4, 0.5) is 0 Å². The fourth-order valence-electron chi connectivity index (χ4n) is 2.55. The molecule has 0 saturated heterocycles. The van der Waals surface area contributed by atoms with Gasteiger partial charge in [-0.25, -0.2) is 0 Å². The van der Waals surface area contributed by atoms with Gasteiger partial charge in [-0.05, 0) is 19.3 Å². The van der Waals surface area contributed by atoms with Crippen LogP contribution in [0, 0.1) is 5.41 Å². The quantitative estimate of drug-likeness (QED) is 0.739. The Morgan fingerprint density at radius 3 is 2.40 bits per heavy atom. The molecule has 0 heterocycles. The van der Waals surface area contributed by atoms with E-state index in [1.165, 1.54) is 0 Å². The van der Waals surface area contributed by atoms with Crippen molar-refractivity contribution < 1.29 is 15.0 Å². The molecule has 0 spiro atoms. The highest BCUT2D eigenvalue weighted by molar-refractivity contribution is 5.75. The van der Waals surface area contributed by atoms with Gasteiger partial charge in [0.15, 0.2) is 0 Å². The molecule has 1 rings (SSSR count). The van der Waals surface area contributed by atoms with Crippen molar-refractivity contribution in [2.45, 2.75) is 64.4 Å². The zero-order valence-corrected chi connectivity index (χ0v) is 9.54. The zero-order chi connectivity index (χ0) is 11.3. The molecule has 1 aliphatic carbocycles. The molecule has 0 aromatic carbocycles. The molecular formula is C12H22O3. The van der Waals surface area contributed by atoms with E-state index in [1.807, 2.05) is 0 Å². The largest absolute Gasteiger partial charge is 0.481 e. The Morgan fingerprint density at radius 1 is 1.33 bits per heavy atom. The standard InChI is InChI=1S/C12H22O3/c1-2-3-7-10(13)12(11(14)15)8-5-4-6-9-12/h10,13H,2-9H2,1H3,(H,14,15)/t10-/m0/s1. The van der Waals surface area contributed by atoms with E-state index in [-0.39, 0.29) is 0 Å². The molecule has 3 heteroatoms. The summed E-state index contributed by atoms with van der Waals surface area (Å²) in [6.07, 6.45) is 6.17. The Kier molecular flexibility index (Phi) is 4.58. The van der Waals surface area contributed by atoms with Crippen LogP contribution in [-0.4, -0.2) is 22.3 Å². The summed E-state index contributed by atoms with van der Waals surface area (Å²) < 4.78 is 0. The van der Waals surface area contributed by atoms with Crippen molar-refractivity contribution in [1.82, 2.24) is 0 Å². The van der Waals surface area contributed by atoms with Gasteiger partial charge >= 0.3 is 5.97 Å². The summed E-state index contributed by atoms with van der Waals surface area (Å²) in [5, 5.41) is 19.3. The van der Waals surface area contributed by atoms with Crippen molar-refractivity contribution >= 4 is 5.97 Å². The van der Waals surface area contributed by atoms with Crippen molar-refractivity contribution in [2.75, 3.05) is 0 Å². The molecule has 2 N–H and O–H groups in total. The second-order valence-electron chi connectivity index (χ2n) is 4.68. The van der Waals surface area contributed by atoms with E-state index in [0.29, 0.717) is 19.3 Å². The number of aliphatic hydroxyl groups is 1. The highest BCUT2D eigenvalue weighted by Gasteiger charge is 2.45. The molecule has 0 aromatic rings. The Balaban J connectivity index is 2.66. The summed E-state index contributed by atoms with van der Waals surface area (Å²) in [5.74, 6) is -0.800. The van der Waals surface area contributed by atoms with Crippen molar-refractivity contribution in [3.05, 3.63) is 0 Å². The Morgan fingerprint density at radius 2 is 1.93 bits per heavy atom. The molecule has 1 atom stereocenters. The predicted octanol–water partition coefficient (Wildman–Crippen LogP) is 2.57. The molecule has 88 valence electrons. The van der Waals surface area contributed by atoms with Gasteiger partial charge in [-0.3, -0.25) is 4.79 Å². The van der Waals surface area contributed by atoms with E-state index >= 15 is 0 Å². The molecule has 3 nitrogen and oxygen atoms in total. The first kappa shape index (κ1) is 12.5. The third-order valence-corrected chi connectivity index (χ3v) is 3.64. The Bertz CT molecular complexity index is 207. The zero-order valence-electron chi connectivity index (χ0n) is 9.54. The minimum atomic E-state index is -0.840. The van der Waals surface area contributed by atoms with Crippen molar-refractivity contribution in [3.8, 4) is 0 Å². The van der Waals surface area contributed by atoms with Gasteiger partial charge in [-0.2, -0.15) is 0 Å². The Labute approximate surface area is 91.5 Å². The van der Waals surface area contributed by atoms with Crippen molar-refractivity contribution in [3.63, 3.8) is 0 Å². The van der Waals surface area contributed by atoms with Crippen LogP contribution in [0.25, 0.3) is 0 Å². The SMILES string of the molecule is CCCC[C@H](O)C1(C(=O)O)CCCCC1. The summed E-state index contributed by atoms with van der Waals surface area (Å²) in [6, 6.07) is 0. The molecule has 0 amide bonds. The van der Waals surface area contributed by atoms with E-state index in [0.717, 1.165) is 32.1 Å². The minimum absolute atomic E-state index is 0.628. The third kappa shape index (κ3) is 2.71. The van der Waals surface area contributed by atoms with Gasteiger partial charge in [0.25, 0.3) is 0 Å².